The van der Waals surface area contributed by atoms with Gasteiger partial charge in [0.05, 0.1) is 11.6 Å². The van der Waals surface area contributed by atoms with Gasteiger partial charge in [0.2, 0.25) is 0 Å². The maximum absolute atomic E-state index is 14.0. The van der Waals surface area contributed by atoms with E-state index in [0.717, 1.165) is 24.6 Å². The number of aryl methyl sites for hydroxylation is 1. The van der Waals surface area contributed by atoms with E-state index >= 15 is 0 Å². The quantitative estimate of drug-likeness (QED) is 0.813. The molecule has 0 spiro atoms. The van der Waals surface area contributed by atoms with Crippen LogP contribution in [0.4, 0.5) is 4.39 Å². The Labute approximate surface area is 170 Å². The molecule has 2 aromatic rings. The molecule has 1 N–H and O–H groups in total. The molecule has 0 aliphatic carbocycles. The first-order chi connectivity index (χ1) is 13.9. The largest absolute Gasteiger partial charge is 0.508 e. The van der Waals surface area contributed by atoms with E-state index in [1.807, 2.05) is 19.1 Å². The van der Waals surface area contributed by atoms with Crippen molar-refractivity contribution in [2.45, 2.75) is 32.7 Å². The summed E-state index contributed by atoms with van der Waals surface area (Å²) in [5.41, 5.74) is 4.74. The molecular formula is C24H25FN2O2. The van der Waals surface area contributed by atoms with Crippen molar-refractivity contribution >= 4 is 11.6 Å². The van der Waals surface area contributed by atoms with Crippen LogP contribution in [-0.2, 0) is 0 Å². The van der Waals surface area contributed by atoms with Crippen LogP contribution in [0.1, 0.15) is 47.3 Å². The Kier molecular flexibility index (Phi) is 5.22. The minimum Gasteiger partial charge on any atom is -0.508 e. The fraction of sp³-hybridized carbons (Fsp3) is 0.333. The number of allylic oxidation sites excluding steroid dienone is 1. The molecule has 4 rings (SSSR count). The third kappa shape index (κ3) is 3.82. The zero-order valence-corrected chi connectivity index (χ0v) is 16.7. The van der Waals surface area contributed by atoms with Crippen molar-refractivity contribution < 1.29 is 14.3 Å². The topological polar surface area (TPSA) is 52.9 Å². The van der Waals surface area contributed by atoms with Crippen LogP contribution in [0, 0.1) is 18.7 Å². The number of aliphatic imine (C=N–C) groups is 1. The Morgan fingerprint density at radius 2 is 1.86 bits per heavy atom. The van der Waals surface area contributed by atoms with Crippen molar-refractivity contribution in [3.05, 3.63) is 76.6 Å². The fourth-order valence-corrected chi connectivity index (χ4v) is 4.38. The molecule has 1 atom stereocenters. The van der Waals surface area contributed by atoms with Gasteiger partial charge in [0.1, 0.15) is 11.6 Å². The Balaban J connectivity index is 1.48. The number of carbonyl (C=O) groups is 1. The van der Waals surface area contributed by atoms with Crippen molar-refractivity contribution in [2.75, 3.05) is 13.1 Å². The Morgan fingerprint density at radius 3 is 2.59 bits per heavy atom. The Morgan fingerprint density at radius 1 is 1.14 bits per heavy atom. The van der Waals surface area contributed by atoms with Gasteiger partial charge < -0.3 is 10.0 Å². The van der Waals surface area contributed by atoms with Crippen LogP contribution >= 0.6 is 0 Å². The number of likely N-dealkylation sites (tertiary alicyclic amines) is 1. The van der Waals surface area contributed by atoms with Gasteiger partial charge in [0, 0.05) is 18.8 Å². The predicted molar refractivity (Wildman–Crippen MR) is 112 cm³/mol. The monoisotopic (exact) mass is 392 g/mol. The summed E-state index contributed by atoms with van der Waals surface area (Å²) < 4.78 is 14.0. The van der Waals surface area contributed by atoms with Gasteiger partial charge in [-0.25, -0.2) is 4.39 Å². The zero-order valence-electron chi connectivity index (χ0n) is 16.7. The average Bonchev–Trinajstić information content (AvgIpc) is 3.11. The molecule has 0 radical (unpaired) electrons. The number of piperidine rings is 1. The molecule has 1 fully saturated rings. The fourth-order valence-electron chi connectivity index (χ4n) is 4.38. The molecule has 2 aliphatic heterocycles. The second-order valence-corrected chi connectivity index (χ2v) is 7.90. The third-order valence-electron chi connectivity index (χ3n) is 5.94. The molecule has 0 saturated carbocycles. The van der Waals surface area contributed by atoms with E-state index in [1.165, 1.54) is 28.8 Å². The highest BCUT2D eigenvalue weighted by molar-refractivity contribution is 5.96. The SMILES string of the molecule is CC1=NC(c2ccccc2C)C(C2CCN(C(=O)c3cc(O)ccc3F)CC2)=C1. The molecule has 1 amide bonds. The first-order valence-corrected chi connectivity index (χ1v) is 10.0. The smallest absolute Gasteiger partial charge is 0.256 e. The predicted octanol–water partition coefficient (Wildman–Crippen LogP) is 4.83. The van der Waals surface area contributed by atoms with E-state index in [2.05, 4.69) is 25.1 Å². The zero-order chi connectivity index (χ0) is 20.5. The second kappa shape index (κ2) is 7.82. The van der Waals surface area contributed by atoms with Crippen LogP contribution in [0.2, 0.25) is 0 Å². The number of aromatic hydroxyl groups is 1. The lowest BCUT2D eigenvalue weighted by Gasteiger charge is -2.34. The number of benzene rings is 2. The number of amides is 1. The highest BCUT2D eigenvalue weighted by Crippen LogP contribution is 2.40. The van der Waals surface area contributed by atoms with Crippen molar-refractivity contribution in [3.8, 4) is 5.75 Å². The number of hydrogen-bond donors (Lipinski definition) is 1. The molecule has 2 heterocycles. The van der Waals surface area contributed by atoms with Gasteiger partial charge in [-0.05, 0) is 73.6 Å². The lowest BCUT2D eigenvalue weighted by Crippen LogP contribution is -2.39. The number of halogens is 1. The number of rotatable bonds is 3. The third-order valence-corrected chi connectivity index (χ3v) is 5.94. The number of hydrogen-bond acceptors (Lipinski definition) is 3. The van der Waals surface area contributed by atoms with E-state index in [-0.39, 0.29) is 23.3 Å². The van der Waals surface area contributed by atoms with Gasteiger partial charge in [-0.3, -0.25) is 9.79 Å². The number of phenols is 1. The van der Waals surface area contributed by atoms with Crippen LogP contribution in [-0.4, -0.2) is 34.7 Å². The van der Waals surface area contributed by atoms with Gasteiger partial charge in [-0.2, -0.15) is 0 Å². The van der Waals surface area contributed by atoms with Crippen LogP contribution in [0.5, 0.6) is 5.75 Å². The highest BCUT2D eigenvalue weighted by atomic mass is 19.1. The molecule has 29 heavy (non-hydrogen) atoms. The molecule has 150 valence electrons. The van der Waals surface area contributed by atoms with Crippen molar-refractivity contribution in [1.29, 1.82) is 0 Å². The lowest BCUT2D eigenvalue weighted by atomic mass is 9.82. The summed E-state index contributed by atoms with van der Waals surface area (Å²) in [6.45, 7) is 5.27. The summed E-state index contributed by atoms with van der Waals surface area (Å²) in [4.78, 5) is 19.3. The maximum Gasteiger partial charge on any atom is 0.256 e. The van der Waals surface area contributed by atoms with Crippen LogP contribution in [0.25, 0.3) is 0 Å². The van der Waals surface area contributed by atoms with Crippen LogP contribution in [0.15, 0.2) is 59.1 Å². The van der Waals surface area contributed by atoms with E-state index < -0.39 is 5.82 Å². The summed E-state index contributed by atoms with van der Waals surface area (Å²) >= 11 is 0. The summed E-state index contributed by atoms with van der Waals surface area (Å²) in [6.07, 6.45) is 3.83. The molecule has 1 unspecified atom stereocenters. The van der Waals surface area contributed by atoms with Gasteiger partial charge in [-0.15, -0.1) is 0 Å². The van der Waals surface area contributed by atoms with Gasteiger partial charge in [-0.1, -0.05) is 24.3 Å². The maximum atomic E-state index is 14.0. The summed E-state index contributed by atoms with van der Waals surface area (Å²) in [5, 5.41) is 9.60. The van der Waals surface area contributed by atoms with E-state index in [9.17, 15) is 14.3 Å². The minimum atomic E-state index is -0.600. The molecule has 1 saturated heterocycles. The Hall–Kier alpha value is -2.95. The number of phenolic OH excluding ortho intramolecular Hbond substituents is 1. The molecule has 2 aliphatic rings. The summed E-state index contributed by atoms with van der Waals surface area (Å²) in [5.74, 6) is -0.717. The molecule has 2 aromatic carbocycles. The molecule has 0 aromatic heterocycles. The number of carbonyl (C=O) groups excluding carboxylic acids is 1. The normalized spacial score (nSPS) is 19.8. The standard InChI is InChI=1S/C24H25FN2O2/c1-15-5-3-4-6-19(15)23-20(13-16(2)26-23)17-9-11-27(12-10-17)24(29)21-14-18(28)7-8-22(21)25/h3-8,13-14,17,23,28H,9-12H2,1-2H3. The number of nitrogens with zero attached hydrogens (tertiary/aromatic N) is 2. The molecule has 0 bridgehead atoms. The van der Waals surface area contributed by atoms with Gasteiger partial charge >= 0.3 is 0 Å². The molecular weight excluding hydrogens is 367 g/mol. The summed E-state index contributed by atoms with van der Waals surface area (Å²) in [7, 11) is 0. The lowest BCUT2D eigenvalue weighted by molar-refractivity contribution is 0.0695. The molecule has 5 heteroatoms. The van der Waals surface area contributed by atoms with Crippen LogP contribution < -0.4 is 0 Å². The van der Waals surface area contributed by atoms with E-state index in [0.29, 0.717) is 19.0 Å². The summed E-state index contributed by atoms with van der Waals surface area (Å²) in [6, 6.07) is 12.0. The van der Waals surface area contributed by atoms with Crippen molar-refractivity contribution in [3.63, 3.8) is 0 Å². The Bertz CT molecular complexity index is 1000. The van der Waals surface area contributed by atoms with E-state index in [4.69, 9.17) is 4.99 Å². The van der Waals surface area contributed by atoms with Gasteiger partial charge in [0.15, 0.2) is 0 Å². The minimum absolute atomic E-state index is 0.0481. The first kappa shape index (κ1) is 19.4. The highest BCUT2D eigenvalue weighted by Gasteiger charge is 2.32. The first-order valence-electron chi connectivity index (χ1n) is 10.0. The molecule has 4 nitrogen and oxygen atoms in total. The average molecular weight is 392 g/mol. The van der Waals surface area contributed by atoms with Crippen molar-refractivity contribution in [1.82, 2.24) is 4.90 Å². The van der Waals surface area contributed by atoms with E-state index in [1.54, 1.807) is 4.90 Å². The van der Waals surface area contributed by atoms with Crippen LogP contribution in [0.3, 0.4) is 0 Å². The second-order valence-electron chi connectivity index (χ2n) is 7.90. The van der Waals surface area contributed by atoms with Crippen molar-refractivity contribution in [2.24, 2.45) is 10.9 Å². The van der Waals surface area contributed by atoms with Gasteiger partial charge in [0.25, 0.3) is 5.91 Å².